The summed E-state index contributed by atoms with van der Waals surface area (Å²) in [5.41, 5.74) is 0.738. The van der Waals surface area contributed by atoms with E-state index in [1.807, 2.05) is 13.0 Å². The van der Waals surface area contributed by atoms with E-state index in [2.05, 4.69) is 0 Å². The maximum atomic E-state index is 9.31. The van der Waals surface area contributed by atoms with Crippen LogP contribution in [0.15, 0.2) is 24.4 Å². The molecular weight excluding hydrogens is 182 g/mol. The lowest BCUT2D eigenvalue weighted by atomic mass is 10.2. The van der Waals surface area contributed by atoms with Gasteiger partial charge in [0.15, 0.2) is 11.5 Å². The highest BCUT2D eigenvalue weighted by Gasteiger charge is 2.06. The first-order valence-corrected chi connectivity index (χ1v) is 4.38. The van der Waals surface area contributed by atoms with Gasteiger partial charge in [0.05, 0.1) is 5.52 Å². The van der Waals surface area contributed by atoms with Crippen LogP contribution in [0.4, 0.5) is 0 Å². The highest BCUT2D eigenvalue weighted by molar-refractivity contribution is 5.83. The van der Waals surface area contributed by atoms with E-state index in [9.17, 15) is 10.2 Å². The Labute approximate surface area is 80.9 Å². The number of phenols is 2. The van der Waals surface area contributed by atoms with Crippen molar-refractivity contribution in [1.29, 1.82) is 0 Å². The van der Waals surface area contributed by atoms with Gasteiger partial charge in [0.25, 0.3) is 0 Å². The van der Waals surface area contributed by atoms with Crippen LogP contribution in [0.2, 0.25) is 0 Å². The molecule has 0 aliphatic heterocycles. The van der Waals surface area contributed by atoms with Crippen molar-refractivity contribution in [1.82, 2.24) is 4.73 Å². The van der Waals surface area contributed by atoms with Crippen molar-refractivity contribution in [3.63, 3.8) is 0 Å². The molecule has 4 nitrogen and oxygen atoms in total. The van der Waals surface area contributed by atoms with Gasteiger partial charge in [-0.05, 0) is 19.1 Å². The van der Waals surface area contributed by atoms with Crippen LogP contribution in [0, 0.1) is 0 Å². The van der Waals surface area contributed by atoms with Crippen LogP contribution in [0.1, 0.15) is 6.92 Å². The van der Waals surface area contributed by atoms with Crippen LogP contribution >= 0.6 is 0 Å². The van der Waals surface area contributed by atoms with Crippen molar-refractivity contribution in [3.8, 4) is 11.5 Å². The van der Waals surface area contributed by atoms with Crippen LogP contribution in [0.5, 0.6) is 11.5 Å². The van der Waals surface area contributed by atoms with Crippen molar-refractivity contribution >= 4 is 10.9 Å². The zero-order valence-electron chi connectivity index (χ0n) is 7.77. The first kappa shape index (κ1) is 8.74. The number of hydrogen-bond acceptors (Lipinski definition) is 3. The maximum Gasteiger partial charge on any atom is 0.159 e. The Morgan fingerprint density at radius 2 is 2.00 bits per heavy atom. The van der Waals surface area contributed by atoms with E-state index < -0.39 is 0 Å². The summed E-state index contributed by atoms with van der Waals surface area (Å²) in [6.07, 6.45) is 1.74. The molecule has 0 saturated heterocycles. The normalized spacial score (nSPS) is 10.6. The van der Waals surface area contributed by atoms with Gasteiger partial charge < -0.3 is 15.1 Å². The molecule has 0 saturated carbocycles. The average molecular weight is 193 g/mol. The summed E-state index contributed by atoms with van der Waals surface area (Å²) in [4.78, 5) is 5.28. The Morgan fingerprint density at radius 1 is 1.29 bits per heavy atom. The van der Waals surface area contributed by atoms with Crippen LogP contribution in [-0.4, -0.2) is 21.6 Å². The minimum Gasteiger partial charge on any atom is -0.504 e. The van der Waals surface area contributed by atoms with Gasteiger partial charge in [-0.15, -0.1) is 0 Å². The van der Waals surface area contributed by atoms with E-state index in [1.165, 1.54) is 12.1 Å². The lowest BCUT2D eigenvalue weighted by molar-refractivity contribution is 0.132. The summed E-state index contributed by atoms with van der Waals surface area (Å²) in [5.74, 6) is -0.260. The molecule has 0 amide bonds. The fraction of sp³-hybridized carbons (Fsp3) is 0.200. The standard InChI is InChI=1S/C10H11NO3/c1-2-14-11-4-3-7-5-9(12)10(13)6-8(7)11/h3-6,12-13H,2H2,1H3. The molecule has 0 unspecified atom stereocenters. The zero-order chi connectivity index (χ0) is 10.1. The summed E-state index contributed by atoms with van der Waals surface area (Å²) >= 11 is 0. The van der Waals surface area contributed by atoms with Crippen molar-refractivity contribution in [3.05, 3.63) is 24.4 Å². The van der Waals surface area contributed by atoms with Crippen molar-refractivity contribution < 1.29 is 15.1 Å². The third kappa shape index (κ3) is 1.25. The summed E-state index contributed by atoms with van der Waals surface area (Å²) in [7, 11) is 0. The van der Waals surface area contributed by atoms with E-state index in [4.69, 9.17) is 4.84 Å². The predicted octanol–water partition coefficient (Wildman–Crippen LogP) is 1.50. The Bertz CT molecular complexity index is 462. The predicted molar refractivity (Wildman–Crippen MR) is 52.4 cm³/mol. The number of phenolic OH excluding ortho intramolecular Hbond substituents is 2. The topological polar surface area (TPSA) is 54.6 Å². The number of fused-ring (bicyclic) bond motifs is 1. The zero-order valence-corrected chi connectivity index (χ0v) is 7.77. The SMILES string of the molecule is CCOn1ccc2cc(O)c(O)cc21. The second kappa shape index (κ2) is 3.14. The van der Waals surface area contributed by atoms with E-state index in [0.29, 0.717) is 6.61 Å². The smallest absolute Gasteiger partial charge is 0.159 e. The molecule has 74 valence electrons. The van der Waals surface area contributed by atoms with Gasteiger partial charge in [0.2, 0.25) is 0 Å². The fourth-order valence-electron chi connectivity index (χ4n) is 1.39. The van der Waals surface area contributed by atoms with Crippen molar-refractivity contribution in [2.45, 2.75) is 6.92 Å². The average Bonchev–Trinajstić information content (AvgIpc) is 2.51. The van der Waals surface area contributed by atoms with Crippen LogP contribution in [0.25, 0.3) is 10.9 Å². The van der Waals surface area contributed by atoms with Crippen LogP contribution in [-0.2, 0) is 0 Å². The molecule has 0 aliphatic carbocycles. The Morgan fingerprint density at radius 3 is 2.71 bits per heavy atom. The molecule has 0 aliphatic rings. The minimum absolute atomic E-state index is 0.119. The van der Waals surface area contributed by atoms with E-state index in [0.717, 1.165) is 10.9 Å². The number of nitrogens with zero attached hydrogens (tertiary/aromatic N) is 1. The van der Waals surface area contributed by atoms with Crippen molar-refractivity contribution in [2.24, 2.45) is 0 Å². The lowest BCUT2D eigenvalue weighted by Gasteiger charge is -2.05. The first-order valence-electron chi connectivity index (χ1n) is 4.38. The molecule has 0 fully saturated rings. The Balaban J connectivity index is 2.61. The van der Waals surface area contributed by atoms with Gasteiger partial charge in [0.1, 0.15) is 6.61 Å². The monoisotopic (exact) mass is 193 g/mol. The summed E-state index contributed by atoms with van der Waals surface area (Å²) in [6, 6.07) is 4.78. The lowest BCUT2D eigenvalue weighted by Crippen LogP contribution is -2.08. The third-order valence-corrected chi connectivity index (χ3v) is 2.02. The molecule has 0 bridgehead atoms. The Kier molecular flexibility index (Phi) is 1.96. The molecule has 2 N–H and O–H groups in total. The summed E-state index contributed by atoms with van der Waals surface area (Å²) in [5, 5.41) is 19.4. The molecular formula is C10H11NO3. The van der Waals surface area contributed by atoms with Gasteiger partial charge >= 0.3 is 0 Å². The molecule has 1 heterocycles. The first-order chi connectivity index (χ1) is 6.72. The van der Waals surface area contributed by atoms with Crippen LogP contribution < -0.4 is 4.84 Å². The van der Waals surface area contributed by atoms with Crippen molar-refractivity contribution in [2.75, 3.05) is 6.61 Å². The minimum atomic E-state index is -0.142. The highest BCUT2D eigenvalue weighted by Crippen LogP contribution is 2.30. The summed E-state index contributed by atoms with van der Waals surface area (Å²) in [6.45, 7) is 2.43. The number of benzene rings is 1. The fourth-order valence-corrected chi connectivity index (χ4v) is 1.39. The largest absolute Gasteiger partial charge is 0.504 e. The van der Waals surface area contributed by atoms with Gasteiger partial charge in [-0.1, -0.05) is 0 Å². The molecule has 14 heavy (non-hydrogen) atoms. The number of hydrogen-bond donors (Lipinski definition) is 2. The van der Waals surface area contributed by atoms with Gasteiger partial charge in [-0.25, -0.2) is 0 Å². The number of aromatic nitrogens is 1. The number of aromatic hydroxyl groups is 2. The van der Waals surface area contributed by atoms with Crippen LogP contribution in [0.3, 0.4) is 0 Å². The second-order valence-corrected chi connectivity index (χ2v) is 2.96. The van der Waals surface area contributed by atoms with E-state index in [-0.39, 0.29) is 11.5 Å². The Hall–Kier alpha value is -1.84. The molecule has 0 atom stereocenters. The second-order valence-electron chi connectivity index (χ2n) is 2.96. The molecule has 2 rings (SSSR count). The molecule has 1 aromatic heterocycles. The highest BCUT2D eigenvalue weighted by atomic mass is 16.7. The van der Waals surface area contributed by atoms with Gasteiger partial charge in [-0.3, -0.25) is 0 Å². The molecule has 0 spiro atoms. The molecule has 1 aromatic carbocycles. The molecule has 2 aromatic rings. The van der Waals surface area contributed by atoms with Gasteiger partial charge in [-0.2, -0.15) is 4.73 Å². The molecule has 0 radical (unpaired) electrons. The van der Waals surface area contributed by atoms with Gasteiger partial charge in [0, 0.05) is 17.6 Å². The van der Waals surface area contributed by atoms with E-state index in [1.54, 1.807) is 10.9 Å². The molecule has 4 heteroatoms. The third-order valence-electron chi connectivity index (χ3n) is 2.02. The van der Waals surface area contributed by atoms with E-state index >= 15 is 0 Å². The quantitative estimate of drug-likeness (QED) is 0.710. The number of rotatable bonds is 2. The summed E-state index contributed by atoms with van der Waals surface area (Å²) < 4.78 is 1.56. The maximum absolute atomic E-state index is 9.31.